The van der Waals surface area contributed by atoms with Gasteiger partial charge in [0, 0.05) is 4.91 Å². The molecular weight excluding hydrogens is 162 g/mol. The van der Waals surface area contributed by atoms with E-state index in [2.05, 4.69) is 10.0 Å². The minimum Gasteiger partial charge on any atom is -0.481 e. The lowest BCUT2D eigenvalue weighted by atomic mass is 10.0. The fourth-order valence-corrected chi connectivity index (χ4v) is 0.684. The maximum absolute atomic E-state index is 10.4. The Morgan fingerprint density at radius 3 is 2.33 bits per heavy atom. The number of aliphatic hydroxyl groups excluding tert-OH is 1. The summed E-state index contributed by atoms with van der Waals surface area (Å²) >= 11 is 0. The van der Waals surface area contributed by atoms with Crippen LogP contribution in [0.25, 0.3) is 10.4 Å². The van der Waals surface area contributed by atoms with Crippen LogP contribution in [-0.2, 0) is 4.79 Å². The van der Waals surface area contributed by atoms with Crippen molar-refractivity contribution in [2.75, 3.05) is 0 Å². The number of aliphatic carboxylic acids is 1. The number of carbonyl (C=O) groups is 1. The van der Waals surface area contributed by atoms with E-state index in [-0.39, 0.29) is 5.92 Å². The summed E-state index contributed by atoms with van der Waals surface area (Å²) in [5.41, 5.74) is 8.00. The Morgan fingerprint density at radius 1 is 1.58 bits per heavy atom. The monoisotopic (exact) mass is 173 g/mol. The summed E-state index contributed by atoms with van der Waals surface area (Å²) in [6, 6.07) is -1.39. The van der Waals surface area contributed by atoms with Crippen molar-refractivity contribution in [2.24, 2.45) is 11.0 Å². The molecule has 0 bridgehead atoms. The van der Waals surface area contributed by atoms with Crippen LogP contribution in [0.1, 0.15) is 13.8 Å². The summed E-state index contributed by atoms with van der Waals surface area (Å²) in [7, 11) is 0. The summed E-state index contributed by atoms with van der Waals surface area (Å²) in [6.45, 7) is 3.29. The topological polar surface area (TPSA) is 106 Å². The van der Waals surface area contributed by atoms with Gasteiger partial charge in [0.05, 0.1) is 6.10 Å². The molecule has 0 saturated carbocycles. The molecule has 2 N–H and O–H groups in total. The second-order valence-corrected chi connectivity index (χ2v) is 2.72. The molecule has 0 aliphatic carbocycles. The highest BCUT2D eigenvalue weighted by Crippen LogP contribution is 2.09. The molecule has 0 heterocycles. The van der Waals surface area contributed by atoms with Gasteiger partial charge in [-0.25, -0.2) is 0 Å². The summed E-state index contributed by atoms with van der Waals surface area (Å²) < 4.78 is 0. The van der Waals surface area contributed by atoms with Crippen LogP contribution in [0.5, 0.6) is 0 Å². The lowest BCUT2D eigenvalue weighted by Gasteiger charge is -2.17. The average Bonchev–Trinajstić information content (AvgIpc) is 1.98. The Hall–Kier alpha value is -1.26. The summed E-state index contributed by atoms with van der Waals surface area (Å²) in [5, 5.41) is 20.7. The quantitative estimate of drug-likeness (QED) is 0.372. The molecule has 0 aromatic carbocycles. The summed E-state index contributed by atoms with van der Waals surface area (Å²) in [4.78, 5) is 12.8. The van der Waals surface area contributed by atoms with E-state index in [1.54, 1.807) is 13.8 Å². The lowest BCUT2D eigenvalue weighted by Crippen LogP contribution is -2.35. The van der Waals surface area contributed by atoms with Crippen LogP contribution in [0, 0.1) is 5.92 Å². The molecule has 0 fully saturated rings. The maximum atomic E-state index is 10.4. The largest absolute Gasteiger partial charge is 0.481 e. The number of carboxylic acids is 1. The molecule has 2 atom stereocenters. The third-order valence-electron chi connectivity index (χ3n) is 1.44. The molecule has 0 unspecified atom stereocenters. The van der Waals surface area contributed by atoms with E-state index >= 15 is 0 Å². The molecule has 0 radical (unpaired) electrons. The third kappa shape index (κ3) is 2.77. The van der Waals surface area contributed by atoms with Gasteiger partial charge in [-0.2, -0.15) is 0 Å². The molecular formula is C6H11N3O3. The minimum atomic E-state index is -1.39. The zero-order valence-electron chi connectivity index (χ0n) is 6.88. The van der Waals surface area contributed by atoms with E-state index in [0.717, 1.165) is 0 Å². The van der Waals surface area contributed by atoms with Gasteiger partial charge in [0.2, 0.25) is 0 Å². The lowest BCUT2D eigenvalue weighted by molar-refractivity contribution is -0.141. The Balaban J connectivity index is 4.50. The number of nitrogens with zero attached hydrogens (tertiary/aromatic N) is 3. The van der Waals surface area contributed by atoms with E-state index in [1.165, 1.54) is 0 Å². The van der Waals surface area contributed by atoms with Crippen molar-refractivity contribution in [3.05, 3.63) is 10.4 Å². The highest BCUT2D eigenvalue weighted by Gasteiger charge is 2.27. The number of azide groups is 1. The predicted octanol–water partition coefficient (Wildman–Crippen LogP) is 0.767. The molecule has 0 aliphatic heterocycles. The van der Waals surface area contributed by atoms with Crippen LogP contribution in [-0.4, -0.2) is 28.3 Å². The van der Waals surface area contributed by atoms with Crippen LogP contribution in [0.15, 0.2) is 5.11 Å². The first kappa shape index (κ1) is 10.7. The highest BCUT2D eigenvalue weighted by atomic mass is 16.4. The van der Waals surface area contributed by atoms with Crippen molar-refractivity contribution in [1.29, 1.82) is 0 Å². The molecule has 0 aliphatic rings. The van der Waals surface area contributed by atoms with E-state index in [9.17, 15) is 9.90 Å². The van der Waals surface area contributed by atoms with E-state index in [0.29, 0.717) is 0 Å². The van der Waals surface area contributed by atoms with Crippen molar-refractivity contribution in [1.82, 2.24) is 0 Å². The van der Waals surface area contributed by atoms with E-state index in [1.807, 2.05) is 0 Å². The van der Waals surface area contributed by atoms with Gasteiger partial charge in [0.25, 0.3) is 0 Å². The minimum absolute atomic E-state index is 0.253. The zero-order chi connectivity index (χ0) is 9.72. The van der Waals surface area contributed by atoms with Crippen molar-refractivity contribution in [3.8, 4) is 0 Å². The van der Waals surface area contributed by atoms with Crippen molar-refractivity contribution < 1.29 is 15.0 Å². The molecule has 12 heavy (non-hydrogen) atoms. The van der Waals surface area contributed by atoms with Gasteiger partial charge in [-0.1, -0.05) is 19.0 Å². The molecule has 6 heteroatoms. The molecule has 0 rings (SSSR count). The number of rotatable bonds is 4. The van der Waals surface area contributed by atoms with Crippen molar-refractivity contribution in [3.63, 3.8) is 0 Å². The molecule has 0 aromatic rings. The molecule has 6 nitrogen and oxygen atoms in total. The first-order chi connectivity index (χ1) is 5.50. The van der Waals surface area contributed by atoms with Crippen LogP contribution in [0.4, 0.5) is 0 Å². The summed E-state index contributed by atoms with van der Waals surface area (Å²) in [6.07, 6.45) is -1.14. The number of hydrogen-bond donors (Lipinski definition) is 2. The van der Waals surface area contributed by atoms with Gasteiger partial charge < -0.3 is 10.2 Å². The third-order valence-corrected chi connectivity index (χ3v) is 1.44. The molecule has 0 aromatic heterocycles. The molecule has 0 saturated heterocycles. The van der Waals surface area contributed by atoms with Crippen molar-refractivity contribution >= 4 is 5.97 Å². The van der Waals surface area contributed by atoms with Gasteiger partial charge in [-0.15, -0.1) is 0 Å². The van der Waals surface area contributed by atoms with Gasteiger partial charge in [0.15, 0.2) is 6.04 Å². The number of aliphatic hydroxyl groups is 1. The van der Waals surface area contributed by atoms with Gasteiger partial charge in [0.1, 0.15) is 0 Å². The van der Waals surface area contributed by atoms with E-state index < -0.39 is 18.1 Å². The van der Waals surface area contributed by atoms with Gasteiger partial charge >= 0.3 is 5.97 Å². The Morgan fingerprint density at radius 2 is 2.08 bits per heavy atom. The average molecular weight is 173 g/mol. The van der Waals surface area contributed by atoms with Crippen LogP contribution in [0.2, 0.25) is 0 Å². The summed E-state index contributed by atoms with van der Waals surface area (Å²) in [5.74, 6) is -1.56. The maximum Gasteiger partial charge on any atom is 0.315 e. The van der Waals surface area contributed by atoms with Gasteiger partial charge in [-0.3, -0.25) is 4.79 Å². The Kier molecular flexibility index (Phi) is 4.10. The second kappa shape index (κ2) is 4.58. The Bertz CT molecular complexity index is 208. The first-order valence-electron chi connectivity index (χ1n) is 3.45. The fraction of sp³-hybridized carbons (Fsp3) is 0.833. The molecule has 0 spiro atoms. The highest BCUT2D eigenvalue weighted by molar-refractivity contribution is 5.74. The Labute approximate surface area is 69.4 Å². The SMILES string of the molecule is CC(C)[C@H](O)[C@@H](N=[N+]=[N-])C(=O)O. The molecule has 0 amide bonds. The predicted molar refractivity (Wildman–Crippen MR) is 41.4 cm³/mol. The van der Waals surface area contributed by atoms with Gasteiger partial charge in [-0.05, 0) is 11.4 Å². The normalized spacial score (nSPS) is 15.0. The molecule has 68 valence electrons. The standard InChI is InChI=1S/C6H11N3O3/c1-3(2)5(10)4(6(11)12)8-9-7/h3-5,10H,1-2H3,(H,11,12)/t4-,5+/m1/s1. The fourth-order valence-electron chi connectivity index (χ4n) is 0.684. The van der Waals surface area contributed by atoms with E-state index in [4.69, 9.17) is 10.6 Å². The number of carboxylic acid groups (broad SMARTS) is 1. The van der Waals surface area contributed by atoms with Crippen LogP contribution in [0.3, 0.4) is 0 Å². The van der Waals surface area contributed by atoms with Crippen LogP contribution < -0.4 is 0 Å². The van der Waals surface area contributed by atoms with Crippen molar-refractivity contribution in [2.45, 2.75) is 26.0 Å². The number of hydrogen-bond acceptors (Lipinski definition) is 3. The first-order valence-corrected chi connectivity index (χ1v) is 3.45. The second-order valence-electron chi connectivity index (χ2n) is 2.72. The smallest absolute Gasteiger partial charge is 0.315 e. The zero-order valence-corrected chi connectivity index (χ0v) is 6.88. The van der Waals surface area contributed by atoms with Crippen LogP contribution >= 0.6 is 0 Å².